The Morgan fingerprint density at radius 3 is 2.33 bits per heavy atom. The van der Waals surface area contributed by atoms with Gasteiger partial charge in [-0.05, 0) is 50.2 Å². The van der Waals surface area contributed by atoms with E-state index in [0.717, 1.165) is 17.0 Å². The normalized spacial score (nSPS) is 19.7. The lowest BCUT2D eigenvalue weighted by molar-refractivity contribution is -0.137. The minimum atomic E-state index is -4.79. The molecular formula is C22H20F4N4O2S. The van der Waals surface area contributed by atoms with Crippen LogP contribution >= 0.6 is 12.6 Å². The highest BCUT2D eigenvalue weighted by molar-refractivity contribution is 7.81. The van der Waals surface area contributed by atoms with Crippen molar-refractivity contribution in [2.75, 3.05) is 18.7 Å². The predicted octanol–water partition coefficient (Wildman–Crippen LogP) is 4.03. The highest BCUT2D eigenvalue weighted by Gasteiger charge is 2.55. The number of amides is 2. The van der Waals surface area contributed by atoms with Crippen molar-refractivity contribution in [3.8, 4) is 6.07 Å². The first-order chi connectivity index (χ1) is 15.3. The molecule has 1 aliphatic heterocycles. The molecule has 0 radical (unpaired) electrons. The van der Waals surface area contributed by atoms with Crippen LogP contribution in [0.1, 0.15) is 40.9 Å². The lowest BCUT2D eigenvalue weighted by atomic mass is 9.99. The van der Waals surface area contributed by atoms with E-state index in [1.54, 1.807) is 13.8 Å². The molecule has 2 aromatic rings. The van der Waals surface area contributed by atoms with E-state index in [4.69, 9.17) is 5.26 Å². The zero-order chi connectivity index (χ0) is 24.8. The molecule has 1 heterocycles. The van der Waals surface area contributed by atoms with Crippen LogP contribution in [0.5, 0.6) is 0 Å². The Kier molecular flexibility index (Phi) is 6.10. The van der Waals surface area contributed by atoms with E-state index in [0.29, 0.717) is 5.69 Å². The number of hydrogen-bond acceptors (Lipinski definition) is 5. The average molecular weight is 480 g/mol. The summed E-state index contributed by atoms with van der Waals surface area (Å²) in [7, 11) is 1.30. The molecule has 11 heteroatoms. The Labute approximate surface area is 193 Å². The molecule has 0 aliphatic carbocycles. The topological polar surface area (TPSA) is 76.4 Å². The lowest BCUT2D eigenvalue weighted by Gasteiger charge is -2.41. The van der Waals surface area contributed by atoms with E-state index in [1.165, 1.54) is 48.3 Å². The first-order valence-electron chi connectivity index (χ1n) is 9.66. The molecule has 2 amide bonds. The monoisotopic (exact) mass is 480 g/mol. The molecule has 33 heavy (non-hydrogen) atoms. The number of hydrogen-bond donors (Lipinski definition) is 2. The van der Waals surface area contributed by atoms with E-state index in [1.807, 2.05) is 0 Å². The third-order valence-corrected chi connectivity index (χ3v) is 6.04. The number of carbonyl (C=O) groups is 2. The molecule has 1 aliphatic rings. The number of halogens is 4. The summed E-state index contributed by atoms with van der Waals surface area (Å²) in [4.78, 5) is 25.6. The summed E-state index contributed by atoms with van der Waals surface area (Å²) >= 11 is 4.59. The fourth-order valence-electron chi connectivity index (χ4n) is 3.70. The molecule has 2 aromatic carbocycles. The largest absolute Gasteiger partial charge is 0.417 e. The van der Waals surface area contributed by atoms with Crippen molar-refractivity contribution in [1.29, 1.82) is 5.26 Å². The lowest BCUT2D eigenvalue weighted by Crippen LogP contribution is -2.50. The Bertz CT molecular complexity index is 1140. The Balaban J connectivity index is 2.13. The average Bonchev–Trinajstić information content (AvgIpc) is 2.96. The maximum atomic E-state index is 13.6. The predicted molar refractivity (Wildman–Crippen MR) is 116 cm³/mol. The van der Waals surface area contributed by atoms with Gasteiger partial charge in [-0.2, -0.15) is 18.4 Å². The molecule has 0 spiro atoms. The molecule has 1 fully saturated rings. The Hall–Kier alpha value is -3.26. The number of benzene rings is 2. The quantitative estimate of drug-likeness (QED) is 0.394. The van der Waals surface area contributed by atoms with Crippen LogP contribution in [0.2, 0.25) is 0 Å². The summed E-state index contributed by atoms with van der Waals surface area (Å²) in [5.74, 6) is -1.05. The van der Waals surface area contributed by atoms with Crippen molar-refractivity contribution in [3.63, 3.8) is 0 Å². The highest BCUT2D eigenvalue weighted by atomic mass is 32.1. The molecule has 1 saturated heterocycles. The number of nitriles is 1. The molecule has 0 aromatic heterocycles. The van der Waals surface area contributed by atoms with Crippen molar-refractivity contribution in [2.24, 2.45) is 0 Å². The highest BCUT2D eigenvalue weighted by Crippen LogP contribution is 2.46. The van der Waals surface area contributed by atoms with Crippen LogP contribution in [0.15, 0.2) is 42.5 Å². The van der Waals surface area contributed by atoms with Gasteiger partial charge in [0.2, 0.25) is 5.91 Å². The van der Waals surface area contributed by atoms with Gasteiger partial charge in [0.1, 0.15) is 5.54 Å². The molecule has 174 valence electrons. The van der Waals surface area contributed by atoms with Gasteiger partial charge in [-0.1, -0.05) is 6.07 Å². The minimum absolute atomic E-state index is 0.00611. The van der Waals surface area contributed by atoms with Crippen LogP contribution in [0.25, 0.3) is 0 Å². The summed E-state index contributed by atoms with van der Waals surface area (Å²) in [6.07, 6.45) is -4.79. The first kappa shape index (κ1) is 24.4. The number of nitrogens with one attached hydrogen (secondary N) is 1. The standard InChI is InChI=1S/C22H20F4N4O2S/c1-20(2)19(32)28-22(33,15-7-4-14(11-27)17(10-15)21(24,25)26)30(20)16-8-5-13(6-9-16)18(31)29(3)12-23/h4-10,33H,12H2,1-3H3,(H,28,32). The van der Waals surface area contributed by atoms with Gasteiger partial charge in [0.25, 0.3) is 5.91 Å². The van der Waals surface area contributed by atoms with Gasteiger partial charge >= 0.3 is 6.18 Å². The van der Waals surface area contributed by atoms with E-state index >= 15 is 0 Å². The van der Waals surface area contributed by atoms with Crippen molar-refractivity contribution in [1.82, 2.24) is 10.2 Å². The molecule has 1 N–H and O–H groups in total. The number of carbonyl (C=O) groups excluding carboxylic acids is 2. The van der Waals surface area contributed by atoms with Crippen LogP contribution in [-0.4, -0.2) is 36.1 Å². The van der Waals surface area contributed by atoms with Gasteiger partial charge in [0, 0.05) is 23.9 Å². The van der Waals surface area contributed by atoms with Crippen molar-refractivity contribution < 1.29 is 27.2 Å². The Morgan fingerprint density at radius 2 is 1.82 bits per heavy atom. The third-order valence-electron chi connectivity index (χ3n) is 5.47. The summed E-state index contributed by atoms with van der Waals surface area (Å²) < 4.78 is 53.4. The number of anilines is 1. The summed E-state index contributed by atoms with van der Waals surface area (Å²) in [6.45, 7) is 2.17. The number of alkyl halides is 4. The zero-order valence-corrected chi connectivity index (χ0v) is 18.8. The smallest absolute Gasteiger partial charge is 0.322 e. The van der Waals surface area contributed by atoms with Crippen LogP contribution in [-0.2, 0) is 16.0 Å². The van der Waals surface area contributed by atoms with Gasteiger partial charge in [-0.15, -0.1) is 12.6 Å². The second-order valence-electron chi connectivity index (χ2n) is 8.06. The van der Waals surface area contributed by atoms with Crippen LogP contribution in [0, 0.1) is 11.3 Å². The SMILES string of the molecule is CN(CF)C(=O)c1ccc(N2C(C)(C)C(=O)NC2(S)c2ccc(C#N)c(C(F)(F)F)c2)cc1. The maximum absolute atomic E-state index is 13.6. The van der Waals surface area contributed by atoms with Crippen molar-refractivity contribution >= 4 is 30.1 Å². The van der Waals surface area contributed by atoms with Gasteiger partial charge in [-0.3, -0.25) is 9.59 Å². The number of thiol groups is 1. The first-order valence-corrected chi connectivity index (χ1v) is 10.1. The molecular weight excluding hydrogens is 460 g/mol. The van der Waals surface area contributed by atoms with E-state index in [2.05, 4.69) is 17.9 Å². The summed E-state index contributed by atoms with van der Waals surface area (Å²) in [5.41, 5.74) is -2.38. The van der Waals surface area contributed by atoms with Gasteiger partial charge in [-0.25, -0.2) is 4.39 Å². The maximum Gasteiger partial charge on any atom is 0.417 e. The van der Waals surface area contributed by atoms with Gasteiger partial charge in [0.15, 0.2) is 11.8 Å². The Morgan fingerprint density at radius 1 is 1.21 bits per heavy atom. The molecule has 0 bridgehead atoms. The van der Waals surface area contributed by atoms with Crippen molar-refractivity contribution in [3.05, 3.63) is 64.7 Å². The van der Waals surface area contributed by atoms with Crippen LogP contribution in [0.4, 0.5) is 23.2 Å². The second kappa shape index (κ2) is 8.26. The van der Waals surface area contributed by atoms with E-state index in [9.17, 15) is 27.2 Å². The van der Waals surface area contributed by atoms with Crippen LogP contribution < -0.4 is 10.2 Å². The van der Waals surface area contributed by atoms with Gasteiger partial charge in [0.05, 0.1) is 17.2 Å². The van der Waals surface area contributed by atoms with Gasteiger partial charge < -0.3 is 15.1 Å². The fourth-order valence-corrected chi connectivity index (χ4v) is 4.31. The van der Waals surface area contributed by atoms with Crippen LogP contribution in [0.3, 0.4) is 0 Å². The number of rotatable bonds is 4. The molecule has 1 unspecified atom stereocenters. The zero-order valence-electron chi connectivity index (χ0n) is 17.9. The molecule has 0 saturated carbocycles. The summed E-state index contributed by atoms with van der Waals surface area (Å²) in [6, 6.07) is 10.5. The third kappa shape index (κ3) is 4.11. The fraction of sp³-hybridized carbons (Fsp3) is 0.318. The summed E-state index contributed by atoms with van der Waals surface area (Å²) in [5, 5.41) is 11.7. The van der Waals surface area contributed by atoms with E-state index in [-0.39, 0.29) is 11.1 Å². The molecule has 6 nitrogen and oxygen atoms in total. The second-order valence-corrected chi connectivity index (χ2v) is 8.71. The molecule has 1 atom stereocenters. The van der Waals surface area contributed by atoms with E-state index < -0.39 is 46.4 Å². The molecule has 3 rings (SSSR count). The minimum Gasteiger partial charge on any atom is -0.322 e. The number of nitrogens with zero attached hydrogens (tertiary/aromatic N) is 3. The van der Waals surface area contributed by atoms with Crippen molar-refractivity contribution in [2.45, 2.75) is 30.6 Å².